The van der Waals surface area contributed by atoms with Gasteiger partial charge in [0.05, 0.1) is 18.3 Å². The summed E-state index contributed by atoms with van der Waals surface area (Å²) in [6.07, 6.45) is 2.11. The average Bonchev–Trinajstić information content (AvgIpc) is 2.32. The van der Waals surface area contributed by atoms with E-state index < -0.39 is 0 Å². The van der Waals surface area contributed by atoms with Crippen LogP contribution in [-0.2, 0) is 4.74 Å². The smallest absolute Gasteiger partial charge is 0.239 e. The second-order valence-corrected chi connectivity index (χ2v) is 5.89. The molecule has 0 radical (unpaired) electrons. The number of pyridine rings is 1. The number of hydrogen-bond acceptors (Lipinski definition) is 5. The lowest BCUT2D eigenvalue weighted by Gasteiger charge is -2.23. The second-order valence-electron chi connectivity index (χ2n) is 5.89. The summed E-state index contributed by atoms with van der Waals surface area (Å²) >= 11 is 0. The van der Waals surface area contributed by atoms with E-state index in [1.807, 2.05) is 32.9 Å². The van der Waals surface area contributed by atoms with E-state index in [2.05, 4.69) is 17.2 Å². The lowest BCUT2D eigenvalue weighted by Crippen LogP contribution is -2.26. The number of nitrogens with one attached hydrogen (secondary N) is 1. The van der Waals surface area contributed by atoms with Gasteiger partial charge in [-0.15, -0.1) is 0 Å². The summed E-state index contributed by atoms with van der Waals surface area (Å²) in [6.45, 7) is 8.71. The minimum Gasteiger partial charge on any atom is -0.470 e. The molecule has 0 aromatic carbocycles. The molecule has 1 unspecified atom stereocenters. The molecule has 114 valence electrons. The first-order valence-corrected chi connectivity index (χ1v) is 7.06. The second kappa shape index (κ2) is 7.33. The third-order valence-electron chi connectivity index (χ3n) is 2.65. The van der Waals surface area contributed by atoms with Gasteiger partial charge in [0.1, 0.15) is 11.4 Å². The van der Waals surface area contributed by atoms with Crippen LogP contribution in [0, 0.1) is 0 Å². The van der Waals surface area contributed by atoms with Crippen molar-refractivity contribution >= 4 is 11.5 Å². The molecule has 20 heavy (non-hydrogen) atoms. The minimum absolute atomic E-state index is 0.239. The van der Waals surface area contributed by atoms with Crippen LogP contribution in [0.15, 0.2) is 12.1 Å². The van der Waals surface area contributed by atoms with Crippen molar-refractivity contribution in [2.75, 3.05) is 24.8 Å². The molecule has 1 rings (SSSR count). The number of methoxy groups -OCH3 is 1. The third-order valence-corrected chi connectivity index (χ3v) is 2.65. The van der Waals surface area contributed by atoms with Crippen LogP contribution in [0.3, 0.4) is 0 Å². The Kier molecular flexibility index (Phi) is 6.07. The Morgan fingerprint density at radius 1 is 1.35 bits per heavy atom. The largest absolute Gasteiger partial charge is 0.470 e. The van der Waals surface area contributed by atoms with Crippen LogP contribution in [-0.4, -0.2) is 30.3 Å². The van der Waals surface area contributed by atoms with Gasteiger partial charge in [0.25, 0.3) is 0 Å². The third kappa shape index (κ3) is 5.65. The lowest BCUT2D eigenvalue weighted by molar-refractivity contribution is 0.125. The van der Waals surface area contributed by atoms with Gasteiger partial charge in [0, 0.05) is 7.11 Å². The number of anilines is 2. The molecule has 1 heterocycles. The molecular weight excluding hydrogens is 254 g/mol. The molecule has 0 aliphatic heterocycles. The van der Waals surface area contributed by atoms with Crippen LogP contribution >= 0.6 is 0 Å². The molecule has 5 nitrogen and oxygen atoms in total. The first-order chi connectivity index (χ1) is 9.35. The van der Waals surface area contributed by atoms with Crippen molar-refractivity contribution in [2.45, 2.75) is 52.2 Å². The molecule has 5 heteroatoms. The first-order valence-electron chi connectivity index (χ1n) is 7.06. The Morgan fingerprint density at radius 3 is 2.60 bits per heavy atom. The fraction of sp³-hybridized carbons (Fsp3) is 0.667. The number of nitrogen functional groups attached to an aromatic ring is 1. The minimum atomic E-state index is -0.324. The van der Waals surface area contributed by atoms with Gasteiger partial charge in [-0.25, -0.2) is 0 Å². The average molecular weight is 281 g/mol. The number of nitrogens with two attached hydrogens (primary N) is 1. The van der Waals surface area contributed by atoms with Crippen molar-refractivity contribution in [3.63, 3.8) is 0 Å². The van der Waals surface area contributed by atoms with Crippen LogP contribution in [0.4, 0.5) is 11.5 Å². The Labute approximate surface area is 121 Å². The van der Waals surface area contributed by atoms with Gasteiger partial charge < -0.3 is 20.5 Å². The number of hydrogen-bond donors (Lipinski definition) is 2. The molecule has 1 aromatic heterocycles. The van der Waals surface area contributed by atoms with E-state index in [1.165, 1.54) is 0 Å². The molecule has 0 spiro atoms. The van der Waals surface area contributed by atoms with Crippen molar-refractivity contribution < 1.29 is 9.47 Å². The normalized spacial score (nSPS) is 13.1. The van der Waals surface area contributed by atoms with Crippen molar-refractivity contribution in [1.29, 1.82) is 0 Å². The van der Waals surface area contributed by atoms with Gasteiger partial charge in [0.15, 0.2) is 0 Å². The molecule has 0 bridgehead atoms. The van der Waals surface area contributed by atoms with Gasteiger partial charge in [-0.3, -0.25) is 0 Å². The van der Waals surface area contributed by atoms with E-state index in [0.29, 0.717) is 18.2 Å². The van der Waals surface area contributed by atoms with E-state index in [9.17, 15) is 0 Å². The van der Waals surface area contributed by atoms with E-state index in [0.717, 1.165) is 18.7 Å². The van der Waals surface area contributed by atoms with Gasteiger partial charge in [-0.05, 0) is 39.3 Å². The molecule has 1 aromatic rings. The van der Waals surface area contributed by atoms with Gasteiger partial charge in [0.2, 0.25) is 5.88 Å². The Morgan fingerprint density at radius 2 is 2.05 bits per heavy atom. The highest BCUT2D eigenvalue weighted by molar-refractivity contribution is 5.54. The number of aromatic nitrogens is 1. The summed E-state index contributed by atoms with van der Waals surface area (Å²) in [4.78, 5) is 4.45. The van der Waals surface area contributed by atoms with Crippen LogP contribution in [0.5, 0.6) is 5.88 Å². The summed E-state index contributed by atoms with van der Waals surface area (Å²) in [7, 11) is 1.70. The molecular formula is C15H27N3O2. The standard InChI is InChI=1S/C15H27N3O2/c1-6-7-11(10-19-5)17-13-9-8-12(16)14(18-13)20-15(2,3)4/h8-9,11H,6-7,10,16H2,1-5H3,(H,17,18). The topological polar surface area (TPSA) is 69.4 Å². The van der Waals surface area contributed by atoms with Gasteiger partial charge in [-0.2, -0.15) is 4.98 Å². The quantitative estimate of drug-likeness (QED) is 0.804. The van der Waals surface area contributed by atoms with Crippen molar-refractivity contribution in [2.24, 2.45) is 0 Å². The Bertz CT molecular complexity index is 410. The summed E-state index contributed by atoms with van der Waals surface area (Å²) in [5, 5.41) is 3.36. The van der Waals surface area contributed by atoms with Gasteiger partial charge >= 0.3 is 0 Å². The monoisotopic (exact) mass is 281 g/mol. The molecule has 1 atom stereocenters. The number of ether oxygens (including phenoxy) is 2. The summed E-state index contributed by atoms with van der Waals surface area (Å²) in [5.74, 6) is 1.23. The van der Waals surface area contributed by atoms with Crippen molar-refractivity contribution in [1.82, 2.24) is 4.98 Å². The highest BCUT2D eigenvalue weighted by Gasteiger charge is 2.16. The SMILES string of the molecule is CCCC(COC)Nc1ccc(N)c(OC(C)(C)C)n1. The summed E-state index contributed by atoms with van der Waals surface area (Å²) in [6, 6.07) is 3.92. The Hall–Kier alpha value is -1.49. The molecule has 0 amide bonds. The number of rotatable bonds is 7. The summed E-state index contributed by atoms with van der Waals surface area (Å²) < 4.78 is 11.0. The van der Waals surface area contributed by atoms with E-state index in [1.54, 1.807) is 7.11 Å². The van der Waals surface area contributed by atoms with Crippen molar-refractivity contribution in [3.8, 4) is 5.88 Å². The van der Waals surface area contributed by atoms with Crippen molar-refractivity contribution in [3.05, 3.63) is 12.1 Å². The highest BCUT2D eigenvalue weighted by atomic mass is 16.5. The molecule has 0 aliphatic rings. The molecule has 0 fully saturated rings. The maximum atomic E-state index is 5.90. The molecule has 3 N–H and O–H groups in total. The predicted octanol–water partition coefficient (Wildman–Crippen LogP) is 3.07. The Balaban J connectivity index is 2.82. The van der Waals surface area contributed by atoms with Crippen LogP contribution in [0.25, 0.3) is 0 Å². The summed E-state index contributed by atoms with van der Waals surface area (Å²) in [5.41, 5.74) is 6.13. The van der Waals surface area contributed by atoms with Crippen LogP contribution in [0.2, 0.25) is 0 Å². The zero-order valence-corrected chi connectivity index (χ0v) is 13.2. The predicted molar refractivity (Wildman–Crippen MR) is 83.2 cm³/mol. The van der Waals surface area contributed by atoms with E-state index in [4.69, 9.17) is 15.2 Å². The van der Waals surface area contributed by atoms with Crippen LogP contribution in [0.1, 0.15) is 40.5 Å². The fourth-order valence-corrected chi connectivity index (χ4v) is 1.86. The number of nitrogens with zero attached hydrogens (tertiary/aromatic N) is 1. The van der Waals surface area contributed by atoms with E-state index >= 15 is 0 Å². The lowest BCUT2D eigenvalue weighted by atomic mass is 10.2. The zero-order chi connectivity index (χ0) is 15.2. The molecule has 0 aliphatic carbocycles. The van der Waals surface area contributed by atoms with Crippen LogP contribution < -0.4 is 15.8 Å². The van der Waals surface area contributed by atoms with E-state index in [-0.39, 0.29) is 11.6 Å². The fourth-order valence-electron chi connectivity index (χ4n) is 1.86. The maximum Gasteiger partial charge on any atom is 0.239 e. The molecule has 0 saturated carbocycles. The first kappa shape index (κ1) is 16.6. The maximum absolute atomic E-state index is 5.90. The molecule has 0 saturated heterocycles. The van der Waals surface area contributed by atoms with Gasteiger partial charge in [-0.1, -0.05) is 13.3 Å². The zero-order valence-electron chi connectivity index (χ0n) is 13.2. The highest BCUT2D eigenvalue weighted by Crippen LogP contribution is 2.25.